The third kappa shape index (κ3) is 3.88. The summed E-state index contributed by atoms with van der Waals surface area (Å²) in [5.41, 5.74) is 0.740. The average Bonchev–Trinajstić information content (AvgIpc) is 2.93. The van der Waals surface area contributed by atoms with Crippen molar-refractivity contribution in [1.82, 2.24) is 4.72 Å². The molecule has 1 aromatic carbocycles. The minimum atomic E-state index is -3.45. The Bertz CT molecular complexity index is 731. The van der Waals surface area contributed by atoms with Gasteiger partial charge in [-0.15, -0.1) is 11.3 Å². The van der Waals surface area contributed by atoms with Crippen molar-refractivity contribution in [3.05, 3.63) is 46.8 Å². The van der Waals surface area contributed by atoms with Crippen LogP contribution in [0.3, 0.4) is 0 Å². The zero-order chi connectivity index (χ0) is 16.4. The van der Waals surface area contributed by atoms with E-state index in [1.165, 1.54) is 11.3 Å². The second-order valence-corrected chi connectivity index (χ2v) is 9.08. The molecule has 0 atom stereocenters. The Kier molecular flexibility index (Phi) is 4.94. The molecular weight excluding hydrogens is 318 g/mol. The summed E-state index contributed by atoms with van der Waals surface area (Å²) in [7, 11) is -1.83. The molecule has 1 N–H and O–H groups in total. The Morgan fingerprint density at radius 1 is 1.14 bits per heavy atom. The summed E-state index contributed by atoms with van der Waals surface area (Å²) >= 11 is 1.28. The van der Waals surface area contributed by atoms with Gasteiger partial charge in [-0.1, -0.05) is 26.0 Å². The summed E-state index contributed by atoms with van der Waals surface area (Å²) in [6.45, 7) is 6.25. The molecule has 0 aliphatic heterocycles. The van der Waals surface area contributed by atoms with Crippen LogP contribution in [0.4, 0.5) is 0 Å². The van der Waals surface area contributed by atoms with E-state index in [4.69, 9.17) is 4.74 Å². The molecule has 0 radical (unpaired) electrons. The molecule has 0 unspecified atom stereocenters. The predicted octanol–water partition coefficient (Wildman–Crippen LogP) is 3.32. The molecule has 4 nitrogen and oxygen atoms in total. The first-order valence-electron chi connectivity index (χ1n) is 6.95. The number of benzene rings is 1. The lowest BCUT2D eigenvalue weighted by Crippen LogP contribution is -2.36. The van der Waals surface area contributed by atoms with E-state index in [1.807, 2.05) is 51.1 Å². The van der Waals surface area contributed by atoms with Crippen molar-refractivity contribution in [2.24, 2.45) is 0 Å². The van der Waals surface area contributed by atoms with Crippen molar-refractivity contribution >= 4 is 21.4 Å². The molecule has 6 heteroatoms. The fourth-order valence-electron chi connectivity index (χ4n) is 2.05. The fourth-order valence-corrected chi connectivity index (χ4v) is 4.59. The van der Waals surface area contributed by atoms with E-state index in [-0.39, 0.29) is 5.41 Å². The average molecular weight is 339 g/mol. The Hall–Kier alpha value is -1.37. The zero-order valence-corrected chi connectivity index (χ0v) is 14.8. The highest BCUT2D eigenvalue weighted by atomic mass is 32.2. The molecule has 22 heavy (non-hydrogen) atoms. The SMILES string of the molecule is COc1ccc(C(C)(C)CNS(=O)(=O)c2ccc(C)s2)cc1. The number of sulfonamides is 1. The Balaban J connectivity index is 2.11. The number of hydrogen-bond acceptors (Lipinski definition) is 4. The van der Waals surface area contributed by atoms with Crippen molar-refractivity contribution in [3.8, 4) is 5.75 Å². The van der Waals surface area contributed by atoms with E-state index in [9.17, 15) is 8.42 Å². The van der Waals surface area contributed by atoms with E-state index >= 15 is 0 Å². The normalized spacial score (nSPS) is 12.4. The Morgan fingerprint density at radius 3 is 2.27 bits per heavy atom. The van der Waals surface area contributed by atoms with Gasteiger partial charge in [-0.25, -0.2) is 13.1 Å². The molecule has 0 amide bonds. The number of thiophene rings is 1. The molecule has 1 aromatic heterocycles. The third-order valence-corrected chi connectivity index (χ3v) is 6.45. The lowest BCUT2D eigenvalue weighted by Gasteiger charge is -2.25. The molecule has 2 aromatic rings. The molecule has 0 fully saturated rings. The number of hydrogen-bond donors (Lipinski definition) is 1. The maximum atomic E-state index is 12.3. The smallest absolute Gasteiger partial charge is 0.250 e. The molecule has 1 heterocycles. The molecule has 2 rings (SSSR count). The number of rotatable bonds is 6. The van der Waals surface area contributed by atoms with Crippen molar-refractivity contribution in [3.63, 3.8) is 0 Å². The van der Waals surface area contributed by atoms with E-state index < -0.39 is 10.0 Å². The molecular formula is C16H21NO3S2. The van der Waals surface area contributed by atoms with Crippen molar-refractivity contribution in [2.75, 3.05) is 13.7 Å². The molecule has 120 valence electrons. The van der Waals surface area contributed by atoms with Crippen LogP contribution in [0.2, 0.25) is 0 Å². The van der Waals surface area contributed by atoms with Crippen molar-refractivity contribution in [1.29, 1.82) is 0 Å². The van der Waals surface area contributed by atoms with Gasteiger partial charge in [-0.2, -0.15) is 0 Å². The summed E-state index contributed by atoms with van der Waals surface area (Å²) < 4.78 is 32.8. The number of ether oxygens (including phenoxy) is 1. The summed E-state index contributed by atoms with van der Waals surface area (Å²) in [6, 6.07) is 11.1. The summed E-state index contributed by atoms with van der Waals surface area (Å²) in [6.07, 6.45) is 0. The lowest BCUT2D eigenvalue weighted by molar-refractivity contribution is 0.414. The first-order chi connectivity index (χ1) is 10.2. The second kappa shape index (κ2) is 6.40. The fraction of sp³-hybridized carbons (Fsp3) is 0.375. The van der Waals surface area contributed by atoms with Crippen LogP contribution in [0.15, 0.2) is 40.6 Å². The highest BCUT2D eigenvalue weighted by Crippen LogP contribution is 2.26. The van der Waals surface area contributed by atoms with Crippen LogP contribution in [0, 0.1) is 6.92 Å². The topological polar surface area (TPSA) is 55.4 Å². The molecule has 0 aliphatic carbocycles. The summed E-state index contributed by atoms with van der Waals surface area (Å²) in [5, 5.41) is 0. The first-order valence-corrected chi connectivity index (χ1v) is 9.25. The van der Waals surface area contributed by atoms with E-state index in [2.05, 4.69) is 4.72 Å². The van der Waals surface area contributed by atoms with Gasteiger partial charge in [0.15, 0.2) is 0 Å². The van der Waals surface area contributed by atoms with Gasteiger partial charge in [-0.3, -0.25) is 0 Å². The number of methoxy groups -OCH3 is 1. The lowest BCUT2D eigenvalue weighted by atomic mass is 9.85. The maximum absolute atomic E-state index is 12.3. The van der Waals surface area contributed by atoms with Crippen LogP contribution in [0.1, 0.15) is 24.3 Å². The summed E-state index contributed by atoms with van der Waals surface area (Å²) in [4.78, 5) is 0.981. The maximum Gasteiger partial charge on any atom is 0.250 e. The summed E-state index contributed by atoms with van der Waals surface area (Å²) in [5.74, 6) is 0.786. The Morgan fingerprint density at radius 2 is 1.77 bits per heavy atom. The molecule has 0 bridgehead atoms. The van der Waals surface area contributed by atoms with Crippen molar-refractivity contribution < 1.29 is 13.2 Å². The number of aryl methyl sites for hydroxylation is 1. The van der Waals surface area contributed by atoms with Crippen LogP contribution in [-0.4, -0.2) is 22.1 Å². The van der Waals surface area contributed by atoms with Gasteiger partial charge in [0, 0.05) is 16.8 Å². The third-order valence-electron chi connectivity index (χ3n) is 3.56. The van der Waals surface area contributed by atoms with Crippen LogP contribution >= 0.6 is 11.3 Å². The molecule has 0 aliphatic rings. The standard InChI is InChI=1S/C16H21NO3S2/c1-12-5-10-15(21-12)22(18,19)17-11-16(2,3)13-6-8-14(20-4)9-7-13/h5-10,17H,11H2,1-4H3. The number of nitrogens with one attached hydrogen (secondary N) is 1. The minimum absolute atomic E-state index is 0.314. The predicted molar refractivity (Wildman–Crippen MR) is 90.3 cm³/mol. The highest BCUT2D eigenvalue weighted by molar-refractivity contribution is 7.91. The molecule has 0 spiro atoms. The van der Waals surface area contributed by atoms with Gasteiger partial charge in [0.05, 0.1) is 7.11 Å². The van der Waals surface area contributed by atoms with E-state index in [0.717, 1.165) is 16.2 Å². The van der Waals surface area contributed by atoms with Gasteiger partial charge in [-0.05, 0) is 36.8 Å². The van der Waals surface area contributed by atoms with Gasteiger partial charge in [0.1, 0.15) is 9.96 Å². The minimum Gasteiger partial charge on any atom is -0.497 e. The Labute approximate surface area is 136 Å². The molecule has 0 saturated heterocycles. The monoisotopic (exact) mass is 339 g/mol. The quantitative estimate of drug-likeness (QED) is 0.878. The largest absolute Gasteiger partial charge is 0.497 e. The second-order valence-electron chi connectivity index (χ2n) is 5.80. The van der Waals surface area contributed by atoms with Crippen LogP contribution in [0.25, 0.3) is 0 Å². The van der Waals surface area contributed by atoms with Crippen molar-refractivity contribution in [2.45, 2.75) is 30.4 Å². The van der Waals surface area contributed by atoms with Gasteiger partial charge >= 0.3 is 0 Å². The van der Waals surface area contributed by atoms with Crippen LogP contribution in [0.5, 0.6) is 5.75 Å². The van der Waals surface area contributed by atoms with E-state index in [0.29, 0.717) is 10.8 Å². The van der Waals surface area contributed by atoms with Gasteiger partial charge in [0.2, 0.25) is 10.0 Å². The van der Waals surface area contributed by atoms with Crippen LogP contribution < -0.4 is 9.46 Å². The van der Waals surface area contributed by atoms with Gasteiger partial charge < -0.3 is 4.74 Å². The highest BCUT2D eigenvalue weighted by Gasteiger charge is 2.25. The van der Waals surface area contributed by atoms with Gasteiger partial charge in [0.25, 0.3) is 0 Å². The first kappa shape index (κ1) is 17.0. The van der Waals surface area contributed by atoms with Crippen LogP contribution in [-0.2, 0) is 15.4 Å². The van der Waals surface area contributed by atoms with E-state index in [1.54, 1.807) is 13.2 Å². The molecule has 0 saturated carbocycles. The zero-order valence-electron chi connectivity index (χ0n) is 13.2.